The van der Waals surface area contributed by atoms with Gasteiger partial charge in [-0.05, 0) is 57.1 Å². The molecule has 1 aliphatic heterocycles. The number of carbonyl (C=O) groups is 1. The van der Waals surface area contributed by atoms with Crippen molar-refractivity contribution >= 4 is 11.6 Å². The lowest BCUT2D eigenvalue weighted by atomic mass is 9.91. The zero-order valence-electron chi connectivity index (χ0n) is 15.1. The number of carbonyl (C=O) groups excluding carboxylic acids is 1. The number of benzene rings is 1. The maximum atomic E-state index is 11.2. The standard InChI is InChI=1S/C20H30N2O3/c1-15(23)21-16-9-11-17(12-10-16)22-19-7-2-3-8-20(19)25-14-18-6-4-5-13-24-18/h2-3,7-8,16-18,22H,4-6,9-14H2,1H3,(H,21,23). The second kappa shape index (κ2) is 9.09. The summed E-state index contributed by atoms with van der Waals surface area (Å²) in [6.45, 7) is 3.06. The van der Waals surface area contributed by atoms with E-state index in [4.69, 9.17) is 9.47 Å². The SMILES string of the molecule is CC(=O)NC1CCC(Nc2ccccc2OCC2CCCCO2)CC1. The molecule has 2 fully saturated rings. The molecule has 3 rings (SSSR count). The number of para-hydroxylation sites is 2. The average molecular weight is 346 g/mol. The van der Waals surface area contributed by atoms with Gasteiger partial charge in [-0.2, -0.15) is 0 Å². The molecule has 5 heteroatoms. The summed E-state index contributed by atoms with van der Waals surface area (Å²) in [5.41, 5.74) is 1.06. The van der Waals surface area contributed by atoms with Crippen LogP contribution in [0.15, 0.2) is 24.3 Å². The lowest BCUT2D eigenvalue weighted by Gasteiger charge is -2.30. The number of anilines is 1. The summed E-state index contributed by atoms with van der Waals surface area (Å²) in [6, 6.07) is 8.90. The van der Waals surface area contributed by atoms with Gasteiger partial charge in [-0.1, -0.05) is 12.1 Å². The summed E-state index contributed by atoms with van der Waals surface area (Å²) in [5, 5.41) is 6.66. The van der Waals surface area contributed by atoms with Gasteiger partial charge in [-0.25, -0.2) is 0 Å². The van der Waals surface area contributed by atoms with Crippen molar-refractivity contribution in [2.24, 2.45) is 0 Å². The van der Waals surface area contributed by atoms with Crippen LogP contribution in [0.5, 0.6) is 5.75 Å². The fraction of sp³-hybridized carbons (Fsp3) is 0.650. The number of hydrogen-bond acceptors (Lipinski definition) is 4. The maximum Gasteiger partial charge on any atom is 0.217 e. The monoisotopic (exact) mass is 346 g/mol. The molecule has 5 nitrogen and oxygen atoms in total. The normalized spacial score (nSPS) is 26.7. The third kappa shape index (κ3) is 5.63. The van der Waals surface area contributed by atoms with Gasteiger partial charge in [-0.15, -0.1) is 0 Å². The predicted octanol–water partition coefficient (Wildman–Crippen LogP) is 3.49. The minimum absolute atomic E-state index is 0.0695. The van der Waals surface area contributed by atoms with Gasteiger partial charge in [0.05, 0.1) is 11.8 Å². The Morgan fingerprint density at radius 3 is 2.60 bits per heavy atom. The molecule has 0 spiro atoms. The summed E-state index contributed by atoms with van der Waals surface area (Å²) >= 11 is 0. The smallest absolute Gasteiger partial charge is 0.217 e. The number of ether oxygens (including phenoxy) is 2. The summed E-state index contributed by atoms with van der Waals surface area (Å²) in [7, 11) is 0. The van der Waals surface area contributed by atoms with Gasteiger partial charge in [0.1, 0.15) is 12.4 Å². The van der Waals surface area contributed by atoms with Gasteiger partial charge < -0.3 is 20.1 Å². The first-order valence-corrected chi connectivity index (χ1v) is 9.58. The van der Waals surface area contributed by atoms with Crippen LogP contribution in [-0.2, 0) is 9.53 Å². The minimum atomic E-state index is 0.0695. The Balaban J connectivity index is 1.50. The van der Waals surface area contributed by atoms with E-state index in [1.165, 1.54) is 6.42 Å². The first-order valence-electron chi connectivity index (χ1n) is 9.58. The molecule has 1 saturated heterocycles. The Kier molecular flexibility index (Phi) is 6.56. The van der Waals surface area contributed by atoms with Crippen LogP contribution < -0.4 is 15.4 Å². The highest BCUT2D eigenvalue weighted by Gasteiger charge is 2.22. The van der Waals surface area contributed by atoms with Gasteiger partial charge in [0.15, 0.2) is 0 Å². The van der Waals surface area contributed by atoms with Crippen LogP contribution in [0.3, 0.4) is 0 Å². The molecular formula is C20H30N2O3. The molecule has 1 heterocycles. The van der Waals surface area contributed by atoms with Crippen molar-refractivity contribution in [3.63, 3.8) is 0 Å². The van der Waals surface area contributed by atoms with E-state index in [0.29, 0.717) is 18.7 Å². The van der Waals surface area contributed by atoms with Crippen molar-refractivity contribution in [3.8, 4) is 5.75 Å². The van der Waals surface area contributed by atoms with E-state index in [1.807, 2.05) is 18.2 Å². The number of rotatable bonds is 6. The van der Waals surface area contributed by atoms with Crippen molar-refractivity contribution in [1.29, 1.82) is 0 Å². The molecule has 0 aromatic heterocycles. The van der Waals surface area contributed by atoms with Crippen LogP contribution in [0.25, 0.3) is 0 Å². The predicted molar refractivity (Wildman–Crippen MR) is 99.0 cm³/mol. The lowest BCUT2D eigenvalue weighted by molar-refractivity contribution is -0.119. The zero-order chi connectivity index (χ0) is 17.5. The van der Waals surface area contributed by atoms with Crippen molar-refractivity contribution in [1.82, 2.24) is 5.32 Å². The van der Waals surface area contributed by atoms with E-state index in [-0.39, 0.29) is 12.0 Å². The highest BCUT2D eigenvalue weighted by Crippen LogP contribution is 2.29. The molecule has 1 aromatic carbocycles. The van der Waals surface area contributed by atoms with Crippen LogP contribution in [-0.4, -0.2) is 37.3 Å². The lowest BCUT2D eigenvalue weighted by Crippen LogP contribution is -2.39. The molecule has 0 bridgehead atoms. The third-order valence-electron chi connectivity index (χ3n) is 5.08. The molecule has 1 saturated carbocycles. The Hall–Kier alpha value is -1.75. The van der Waals surface area contributed by atoms with E-state index < -0.39 is 0 Å². The number of nitrogens with one attached hydrogen (secondary N) is 2. The fourth-order valence-corrected chi connectivity index (χ4v) is 3.72. The minimum Gasteiger partial charge on any atom is -0.489 e. The molecule has 2 aliphatic rings. The number of amides is 1. The first kappa shape index (κ1) is 18.1. The van der Waals surface area contributed by atoms with Crippen LogP contribution in [0.1, 0.15) is 51.9 Å². The van der Waals surface area contributed by atoms with E-state index >= 15 is 0 Å². The highest BCUT2D eigenvalue weighted by atomic mass is 16.5. The molecular weight excluding hydrogens is 316 g/mol. The Morgan fingerprint density at radius 2 is 1.88 bits per heavy atom. The van der Waals surface area contributed by atoms with Crippen molar-refractivity contribution in [3.05, 3.63) is 24.3 Å². The molecule has 0 radical (unpaired) electrons. The van der Waals surface area contributed by atoms with E-state index in [2.05, 4.69) is 16.7 Å². The third-order valence-corrected chi connectivity index (χ3v) is 5.08. The Labute approximate surface area is 150 Å². The molecule has 2 N–H and O–H groups in total. The van der Waals surface area contributed by atoms with Crippen molar-refractivity contribution < 1.29 is 14.3 Å². The Bertz CT molecular complexity index is 550. The second-order valence-electron chi connectivity index (χ2n) is 7.19. The molecule has 1 unspecified atom stereocenters. The van der Waals surface area contributed by atoms with E-state index in [0.717, 1.165) is 56.6 Å². The molecule has 1 amide bonds. The molecule has 1 aromatic rings. The van der Waals surface area contributed by atoms with Gasteiger partial charge in [-0.3, -0.25) is 4.79 Å². The van der Waals surface area contributed by atoms with Gasteiger partial charge in [0, 0.05) is 25.6 Å². The molecule has 1 aliphatic carbocycles. The summed E-state index contributed by atoms with van der Waals surface area (Å²) < 4.78 is 11.8. The van der Waals surface area contributed by atoms with Crippen LogP contribution in [0.4, 0.5) is 5.69 Å². The largest absolute Gasteiger partial charge is 0.489 e. The first-order chi connectivity index (χ1) is 12.2. The second-order valence-corrected chi connectivity index (χ2v) is 7.19. The van der Waals surface area contributed by atoms with Gasteiger partial charge in [0.25, 0.3) is 0 Å². The highest BCUT2D eigenvalue weighted by molar-refractivity contribution is 5.73. The van der Waals surface area contributed by atoms with Gasteiger partial charge >= 0.3 is 0 Å². The molecule has 138 valence electrons. The average Bonchev–Trinajstić information content (AvgIpc) is 2.63. The van der Waals surface area contributed by atoms with E-state index in [9.17, 15) is 4.79 Å². The van der Waals surface area contributed by atoms with Crippen LogP contribution in [0, 0.1) is 0 Å². The van der Waals surface area contributed by atoms with Crippen LogP contribution in [0.2, 0.25) is 0 Å². The Morgan fingerprint density at radius 1 is 1.12 bits per heavy atom. The maximum absolute atomic E-state index is 11.2. The van der Waals surface area contributed by atoms with Gasteiger partial charge in [0.2, 0.25) is 5.91 Å². The quantitative estimate of drug-likeness (QED) is 0.828. The number of hydrogen-bond donors (Lipinski definition) is 2. The van der Waals surface area contributed by atoms with Crippen molar-refractivity contribution in [2.45, 2.75) is 70.1 Å². The molecule has 1 atom stereocenters. The van der Waals surface area contributed by atoms with E-state index in [1.54, 1.807) is 6.92 Å². The summed E-state index contributed by atoms with van der Waals surface area (Å²) in [6.07, 6.45) is 7.86. The zero-order valence-corrected chi connectivity index (χ0v) is 15.1. The topological polar surface area (TPSA) is 59.6 Å². The van der Waals surface area contributed by atoms with Crippen LogP contribution >= 0.6 is 0 Å². The van der Waals surface area contributed by atoms with Crippen molar-refractivity contribution in [2.75, 3.05) is 18.5 Å². The summed E-state index contributed by atoms with van der Waals surface area (Å²) in [4.78, 5) is 11.2. The fourth-order valence-electron chi connectivity index (χ4n) is 3.72. The summed E-state index contributed by atoms with van der Waals surface area (Å²) in [5.74, 6) is 0.973. The molecule has 25 heavy (non-hydrogen) atoms.